The van der Waals surface area contributed by atoms with Crippen molar-refractivity contribution in [3.63, 3.8) is 0 Å². The first-order chi connectivity index (χ1) is 10.1. The number of carboxylic acid groups (broad SMARTS) is 1. The van der Waals surface area contributed by atoms with Crippen LogP contribution in [0.4, 0.5) is 0 Å². The molecule has 0 radical (unpaired) electrons. The highest BCUT2D eigenvalue weighted by atomic mass is 16.4. The Hall–Kier alpha value is -1.88. The summed E-state index contributed by atoms with van der Waals surface area (Å²) in [7, 11) is 0. The molecule has 0 spiro atoms. The number of amides is 1. The van der Waals surface area contributed by atoms with E-state index < -0.39 is 5.97 Å². The Balaban J connectivity index is 1.63. The van der Waals surface area contributed by atoms with Gasteiger partial charge in [-0.25, -0.2) is 4.79 Å². The van der Waals surface area contributed by atoms with Crippen LogP contribution in [-0.4, -0.2) is 47.1 Å². The number of fused-ring (bicyclic) bond motifs is 1. The Morgan fingerprint density at radius 1 is 1.24 bits per heavy atom. The predicted octanol–water partition coefficient (Wildman–Crippen LogP) is 1.28. The fraction of sp³-hybridized carbons (Fsp3) is 0.500. The van der Waals surface area contributed by atoms with Gasteiger partial charge in [-0.05, 0) is 37.4 Å². The molecule has 112 valence electrons. The van der Waals surface area contributed by atoms with Crippen molar-refractivity contribution in [1.29, 1.82) is 0 Å². The molecule has 2 saturated heterocycles. The molecule has 5 nitrogen and oxygen atoms in total. The molecule has 5 heteroatoms. The lowest BCUT2D eigenvalue weighted by Gasteiger charge is -2.21. The fourth-order valence-corrected chi connectivity index (χ4v) is 3.56. The number of nitrogens with one attached hydrogen (secondary N) is 1. The van der Waals surface area contributed by atoms with Gasteiger partial charge < -0.3 is 10.4 Å². The highest BCUT2D eigenvalue weighted by Gasteiger charge is 2.37. The fourth-order valence-electron chi connectivity index (χ4n) is 3.56. The second-order valence-electron chi connectivity index (χ2n) is 5.85. The third kappa shape index (κ3) is 2.93. The Labute approximate surface area is 123 Å². The van der Waals surface area contributed by atoms with Gasteiger partial charge >= 0.3 is 5.97 Å². The maximum Gasteiger partial charge on any atom is 0.335 e. The monoisotopic (exact) mass is 288 g/mol. The van der Waals surface area contributed by atoms with Crippen molar-refractivity contribution in [3.05, 3.63) is 35.4 Å². The first-order valence-corrected chi connectivity index (χ1v) is 7.50. The van der Waals surface area contributed by atoms with Crippen molar-refractivity contribution in [2.75, 3.05) is 13.1 Å². The molecule has 2 N–H and O–H groups in total. The van der Waals surface area contributed by atoms with E-state index in [4.69, 9.17) is 5.11 Å². The molecule has 0 saturated carbocycles. The number of hydrogen-bond donors (Lipinski definition) is 2. The summed E-state index contributed by atoms with van der Waals surface area (Å²) in [5.41, 5.74) is 0.783. The summed E-state index contributed by atoms with van der Waals surface area (Å²) in [6.45, 7) is 2.19. The van der Waals surface area contributed by atoms with Crippen molar-refractivity contribution >= 4 is 11.9 Å². The molecule has 2 fully saturated rings. The summed E-state index contributed by atoms with van der Waals surface area (Å²) in [5.74, 6) is -1.07. The molecule has 0 aromatic heterocycles. The summed E-state index contributed by atoms with van der Waals surface area (Å²) >= 11 is 0. The number of carboxylic acids is 1. The molecule has 2 aliphatic heterocycles. The Morgan fingerprint density at radius 3 is 2.86 bits per heavy atom. The van der Waals surface area contributed by atoms with Crippen LogP contribution in [-0.2, 0) is 11.2 Å². The Morgan fingerprint density at radius 2 is 2.05 bits per heavy atom. The van der Waals surface area contributed by atoms with Gasteiger partial charge in [-0.15, -0.1) is 0 Å². The first-order valence-electron chi connectivity index (χ1n) is 7.50. The molecule has 1 amide bonds. The molecule has 3 rings (SSSR count). The number of aromatic carboxylic acids is 1. The number of benzene rings is 1. The van der Waals surface area contributed by atoms with Gasteiger partial charge in [-0.1, -0.05) is 18.2 Å². The van der Waals surface area contributed by atoms with Crippen LogP contribution in [0, 0.1) is 0 Å². The van der Waals surface area contributed by atoms with E-state index in [1.807, 2.05) is 0 Å². The molecule has 0 bridgehead atoms. The van der Waals surface area contributed by atoms with Gasteiger partial charge in [0.15, 0.2) is 0 Å². The molecule has 2 unspecified atom stereocenters. The Kier molecular flexibility index (Phi) is 3.92. The van der Waals surface area contributed by atoms with Crippen molar-refractivity contribution in [3.8, 4) is 0 Å². The second kappa shape index (κ2) is 5.85. The van der Waals surface area contributed by atoms with Gasteiger partial charge in [0.2, 0.25) is 5.91 Å². The summed E-state index contributed by atoms with van der Waals surface area (Å²) in [6, 6.07) is 7.39. The highest BCUT2D eigenvalue weighted by molar-refractivity contribution is 5.91. The molecule has 0 aliphatic carbocycles. The van der Waals surface area contributed by atoms with E-state index in [1.165, 1.54) is 6.42 Å². The molecular weight excluding hydrogens is 268 g/mol. The maximum atomic E-state index is 12.2. The smallest absolute Gasteiger partial charge is 0.335 e. The standard InChI is InChI=1S/C16H20N2O3/c19-15(10-11-4-1-2-5-12(11)16(20)21)17-13-7-9-18-8-3-6-14(13)18/h1-2,4-5,13-14H,3,6-10H2,(H,17,19)(H,20,21). The highest BCUT2D eigenvalue weighted by Crippen LogP contribution is 2.27. The lowest BCUT2D eigenvalue weighted by atomic mass is 10.0. The Bertz CT molecular complexity index is 558. The zero-order valence-corrected chi connectivity index (χ0v) is 11.9. The van der Waals surface area contributed by atoms with Crippen LogP contribution in [0.25, 0.3) is 0 Å². The van der Waals surface area contributed by atoms with Crippen LogP contribution in [0.1, 0.15) is 35.2 Å². The van der Waals surface area contributed by atoms with Gasteiger partial charge in [0.25, 0.3) is 0 Å². The van der Waals surface area contributed by atoms with E-state index in [2.05, 4.69) is 10.2 Å². The van der Waals surface area contributed by atoms with Crippen molar-refractivity contribution in [2.45, 2.75) is 37.8 Å². The number of carbonyl (C=O) groups is 2. The average molecular weight is 288 g/mol. The molecule has 21 heavy (non-hydrogen) atoms. The lowest BCUT2D eigenvalue weighted by Crippen LogP contribution is -2.43. The molecule has 1 aromatic carbocycles. The van der Waals surface area contributed by atoms with Crippen molar-refractivity contribution in [1.82, 2.24) is 10.2 Å². The van der Waals surface area contributed by atoms with E-state index >= 15 is 0 Å². The third-order valence-corrected chi connectivity index (χ3v) is 4.55. The van der Waals surface area contributed by atoms with Gasteiger partial charge in [-0.2, -0.15) is 0 Å². The van der Waals surface area contributed by atoms with Gasteiger partial charge in [-0.3, -0.25) is 9.69 Å². The minimum atomic E-state index is -0.985. The molecule has 2 aliphatic rings. The van der Waals surface area contributed by atoms with Gasteiger partial charge in [0.1, 0.15) is 0 Å². The molecule has 2 atom stereocenters. The second-order valence-corrected chi connectivity index (χ2v) is 5.85. The number of rotatable bonds is 4. The number of nitrogens with zero attached hydrogens (tertiary/aromatic N) is 1. The van der Waals surface area contributed by atoms with E-state index in [0.29, 0.717) is 11.6 Å². The van der Waals surface area contributed by atoms with Crippen LogP contribution in [0.3, 0.4) is 0 Å². The van der Waals surface area contributed by atoms with E-state index in [0.717, 1.165) is 25.9 Å². The quantitative estimate of drug-likeness (QED) is 0.875. The summed E-state index contributed by atoms with van der Waals surface area (Å²) in [4.78, 5) is 25.8. The topological polar surface area (TPSA) is 69.6 Å². The van der Waals surface area contributed by atoms with Crippen LogP contribution in [0.2, 0.25) is 0 Å². The van der Waals surface area contributed by atoms with E-state index in [9.17, 15) is 9.59 Å². The van der Waals surface area contributed by atoms with Crippen LogP contribution in [0.5, 0.6) is 0 Å². The van der Waals surface area contributed by atoms with Crippen LogP contribution >= 0.6 is 0 Å². The zero-order valence-electron chi connectivity index (χ0n) is 11.9. The molecule has 2 heterocycles. The normalized spacial score (nSPS) is 24.8. The van der Waals surface area contributed by atoms with Crippen molar-refractivity contribution in [2.24, 2.45) is 0 Å². The minimum Gasteiger partial charge on any atom is -0.478 e. The number of hydrogen-bond acceptors (Lipinski definition) is 3. The summed E-state index contributed by atoms with van der Waals surface area (Å²) < 4.78 is 0. The maximum absolute atomic E-state index is 12.2. The molecule has 1 aromatic rings. The third-order valence-electron chi connectivity index (χ3n) is 4.55. The molecular formula is C16H20N2O3. The summed E-state index contributed by atoms with van der Waals surface area (Å²) in [5, 5.41) is 12.2. The predicted molar refractivity (Wildman–Crippen MR) is 78.2 cm³/mol. The van der Waals surface area contributed by atoms with E-state index in [-0.39, 0.29) is 23.9 Å². The zero-order chi connectivity index (χ0) is 14.8. The van der Waals surface area contributed by atoms with Crippen molar-refractivity contribution < 1.29 is 14.7 Å². The average Bonchev–Trinajstić information content (AvgIpc) is 3.04. The lowest BCUT2D eigenvalue weighted by molar-refractivity contribution is -0.121. The number of carbonyl (C=O) groups excluding carboxylic acids is 1. The minimum absolute atomic E-state index is 0.0811. The SMILES string of the molecule is O=C(Cc1ccccc1C(=O)O)NC1CCN2CCCC12. The van der Waals surface area contributed by atoms with Crippen LogP contribution in [0.15, 0.2) is 24.3 Å². The van der Waals surface area contributed by atoms with Gasteiger partial charge in [0.05, 0.1) is 12.0 Å². The van der Waals surface area contributed by atoms with Crippen LogP contribution < -0.4 is 5.32 Å². The first kappa shape index (κ1) is 14.1. The van der Waals surface area contributed by atoms with Gasteiger partial charge in [0, 0.05) is 18.6 Å². The van der Waals surface area contributed by atoms with E-state index in [1.54, 1.807) is 24.3 Å². The largest absolute Gasteiger partial charge is 0.478 e. The summed E-state index contributed by atoms with van der Waals surface area (Å²) in [6.07, 6.45) is 3.48.